The Labute approximate surface area is 124 Å². The Bertz CT molecular complexity index is 808. The van der Waals surface area contributed by atoms with E-state index in [1.165, 1.54) is 13.3 Å². The molecule has 0 amide bonds. The van der Waals surface area contributed by atoms with Crippen molar-refractivity contribution in [2.45, 2.75) is 25.7 Å². The summed E-state index contributed by atoms with van der Waals surface area (Å²) in [7, 11) is 0. The number of anilines is 1. The standard InChI is InChI=1S/C13H15N5O4/c1-6(19)22-12(21)7-2-3-8(4-7)18-5-15-9-10(18)16-13(14)17-11(9)20/h2-3,5,7-8,12,21H,4H2,1H3,(H3,14,16,17,20)/t7?,8-,12-/m0/s1. The summed E-state index contributed by atoms with van der Waals surface area (Å²) in [5.41, 5.74) is 5.73. The first-order valence-corrected chi connectivity index (χ1v) is 6.71. The molecule has 1 aliphatic rings. The summed E-state index contributed by atoms with van der Waals surface area (Å²) >= 11 is 0. The minimum Gasteiger partial charge on any atom is -0.435 e. The van der Waals surface area contributed by atoms with Gasteiger partial charge in [-0.25, -0.2) is 4.98 Å². The summed E-state index contributed by atoms with van der Waals surface area (Å²) in [4.78, 5) is 33.2. The van der Waals surface area contributed by atoms with Crippen LogP contribution in [0.25, 0.3) is 11.2 Å². The molecule has 0 bridgehead atoms. The SMILES string of the molecule is CC(=O)O[C@H](O)C1C=C[C@H](n2cnc3c(=O)[nH]c(N)nc32)C1. The molecule has 1 aliphatic carbocycles. The second-order valence-electron chi connectivity index (χ2n) is 5.13. The molecule has 0 fully saturated rings. The van der Waals surface area contributed by atoms with Crippen LogP contribution in [0.1, 0.15) is 19.4 Å². The van der Waals surface area contributed by atoms with Crippen LogP contribution < -0.4 is 11.3 Å². The lowest BCUT2D eigenvalue weighted by Crippen LogP contribution is -2.24. The summed E-state index contributed by atoms with van der Waals surface area (Å²) in [6.45, 7) is 1.24. The molecule has 4 N–H and O–H groups in total. The number of carbonyl (C=O) groups excluding carboxylic acids is 1. The van der Waals surface area contributed by atoms with E-state index in [1.54, 1.807) is 10.6 Å². The quantitative estimate of drug-likeness (QED) is 0.402. The zero-order chi connectivity index (χ0) is 15.9. The van der Waals surface area contributed by atoms with E-state index in [0.29, 0.717) is 12.1 Å². The van der Waals surface area contributed by atoms with Gasteiger partial charge in [-0.2, -0.15) is 4.98 Å². The number of hydrogen-bond acceptors (Lipinski definition) is 7. The van der Waals surface area contributed by atoms with Crippen molar-refractivity contribution < 1.29 is 14.6 Å². The van der Waals surface area contributed by atoms with Gasteiger partial charge in [-0.05, 0) is 6.42 Å². The van der Waals surface area contributed by atoms with Gasteiger partial charge < -0.3 is 20.1 Å². The highest BCUT2D eigenvalue weighted by Crippen LogP contribution is 2.31. The fraction of sp³-hybridized carbons (Fsp3) is 0.385. The number of nitrogens with one attached hydrogen (secondary N) is 1. The molecule has 0 radical (unpaired) electrons. The zero-order valence-electron chi connectivity index (χ0n) is 11.8. The monoisotopic (exact) mass is 305 g/mol. The molecule has 0 saturated heterocycles. The van der Waals surface area contributed by atoms with Gasteiger partial charge >= 0.3 is 5.97 Å². The third kappa shape index (κ3) is 2.46. The average molecular weight is 305 g/mol. The number of aromatic nitrogens is 4. The third-order valence-electron chi connectivity index (χ3n) is 3.56. The number of aromatic amines is 1. The third-order valence-corrected chi connectivity index (χ3v) is 3.56. The number of allylic oxidation sites excluding steroid dienone is 1. The molecule has 9 nitrogen and oxygen atoms in total. The van der Waals surface area contributed by atoms with E-state index in [0.717, 1.165) is 0 Å². The van der Waals surface area contributed by atoms with Gasteiger partial charge in [0.25, 0.3) is 5.56 Å². The smallest absolute Gasteiger partial charge is 0.304 e. The van der Waals surface area contributed by atoms with Crippen LogP contribution in [-0.4, -0.2) is 36.9 Å². The van der Waals surface area contributed by atoms with Crippen molar-refractivity contribution in [3.63, 3.8) is 0 Å². The molecule has 0 aromatic carbocycles. The van der Waals surface area contributed by atoms with Crippen LogP contribution in [0.2, 0.25) is 0 Å². The topological polar surface area (TPSA) is 136 Å². The Morgan fingerprint density at radius 1 is 1.59 bits per heavy atom. The number of hydrogen-bond donors (Lipinski definition) is 3. The molecule has 9 heteroatoms. The maximum atomic E-state index is 11.8. The number of aliphatic hydroxyl groups excluding tert-OH is 1. The van der Waals surface area contributed by atoms with Crippen LogP contribution in [0.15, 0.2) is 23.3 Å². The van der Waals surface area contributed by atoms with E-state index >= 15 is 0 Å². The Kier molecular flexibility index (Phi) is 3.41. The fourth-order valence-corrected chi connectivity index (χ4v) is 2.57. The maximum Gasteiger partial charge on any atom is 0.304 e. The minimum absolute atomic E-state index is 0.0118. The van der Waals surface area contributed by atoms with Gasteiger partial charge in [0.1, 0.15) is 0 Å². The van der Waals surface area contributed by atoms with E-state index in [1.807, 2.05) is 6.08 Å². The number of imidazole rings is 1. The van der Waals surface area contributed by atoms with Crippen molar-refractivity contribution in [1.29, 1.82) is 0 Å². The fourth-order valence-electron chi connectivity index (χ4n) is 2.57. The molecular formula is C13H15N5O4. The van der Waals surface area contributed by atoms with Crippen molar-refractivity contribution in [3.05, 3.63) is 28.8 Å². The summed E-state index contributed by atoms with van der Waals surface area (Å²) in [5, 5.41) is 9.83. The number of ether oxygens (including phenoxy) is 1. The number of esters is 1. The summed E-state index contributed by atoms with van der Waals surface area (Å²) in [6.07, 6.45) is 4.41. The summed E-state index contributed by atoms with van der Waals surface area (Å²) < 4.78 is 6.48. The van der Waals surface area contributed by atoms with Crippen LogP contribution in [0.5, 0.6) is 0 Å². The Morgan fingerprint density at radius 2 is 2.36 bits per heavy atom. The first kappa shape index (κ1) is 14.3. The summed E-state index contributed by atoms with van der Waals surface area (Å²) in [5.74, 6) is -0.859. The molecule has 0 spiro atoms. The van der Waals surface area contributed by atoms with Crippen LogP contribution in [0, 0.1) is 5.92 Å². The second-order valence-corrected chi connectivity index (χ2v) is 5.13. The largest absolute Gasteiger partial charge is 0.435 e. The predicted molar refractivity (Wildman–Crippen MR) is 76.6 cm³/mol. The van der Waals surface area contributed by atoms with Crippen molar-refractivity contribution >= 4 is 23.1 Å². The molecule has 0 saturated carbocycles. The number of rotatable bonds is 3. The van der Waals surface area contributed by atoms with Gasteiger partial charge in [-0.3, -0.25) is 14.6 Å². The van der Waals surface area contributed by atoms with E-state index < -0.39 is 17.8 Å². The number of nitrogens with zero attached hydrogens (tertiary/aromatic N) is 3. The molecule has 3 rings (SSSR count). The highest BCUT2D eigenvalue weighted by Gasteiger charge is 2.29. The number of nitrogens with two attached hydrogens (primary N) is 1. The highest BCUT2D eigenvalue weighted by molar-refractivity contribution is 5.70. The number of aliphatic hydroxyl groups is 1. The lowest BCUT2D eigenvalue weighted by atomic mass is 10.1. The van der Waals surface area contributed by atoms with Gasteiger partial charge in [0.2, 0.25) is 12.2 Å². The molecular weight excluding hydrogens is 290 g/mol. The summed E-state index contributed by atoms with van der Waals surface area (Å²) in [6, 6.07) is -0.158. The molecule has 2 aromatic heterocycles. The van der Waals surface area contributed by atoms with Crippen LogP contribution >= 0.6 is 0 Å². The Morgan fingerprint density at radius 3 is 3.09 bits per heavy atom. The van der Waals surface area contributed by atoms with Crippen LogP contribution in [0.4, 0.5) is 5.95 Å². The minimum atomic E-state index is -1.20. The van der Waals surface area contributed by atoms with Gasteiger partial charge in [0.15, 0.2) is 11.2 Å². The van der Waals surface area contributed by atoms with Crippen molar-refractivity contribution in [3.8, 4) is 0 Å². The number of carbonyl (C=O) groups is 1. The molecule has 3 atom stereocenters. The molecule has 22 heavy (non-hydrogen) atoms. The maximum absolute atomic E-state index is 11.8. The average Bonchev–Trinajstić information content (AvgIpc) is 3.03. The van der Waals surface area contributed by atoms with Gasteiger partial charge in [0, 0.05) is 12.8 Å². The predicted octanol–water partition coefficient (Wildman–Crippen LogP) is -0.300. The van der Waals surface area contributed by atoms with E-state index in [2.05, 4.69) is 15.0 Å². The first-order valence-electron chi connectivity index (χ1n) is 6.71. The molecule has 1 unspecified atom stereocenters. The van der Waals surface area contributed by atoms with Gasteiger partial charge in [-0.1, -0.05) is 12.2 Å². The number of nitrogen functional groups attached to an aromatic ring is 1. The Hall–Kier alpha value is -2.68. The zero-order valence-corrected chi connectivity index (χ0v) is 11.8. The van der Waals surface area contributed by atoms with Crippen LogP contribution in [-0.2, 0) is 9.53 Å². The normalized spacial score (nSPS) is 22.1. The number of fused-ring (bicyclic) bond motifs is 1. The number of H-pyrrole nitrogens is 1. The molecule has 2 heterocycles. The first-order chi connectivity index (χ1) is 10.5. The van der Waals surface area contributed by atoms with E-state index in [9.17, 15) is 14.7 Å². The second kappa shape index (κ2) is 5.26. The lowest BCUT2D eigenvalue weighted by Gasteiger charge is -2.18. The van der Waals surface area contributed by atoms with Gasteiger partial charge in [0.05, 0.1) is 12.4 Å². The molecule has 2 aromatic rings. The van der Waals surface area contributed by atoms with Crippen molar-refractivity contribution in [1.82, 2.24) is 19.5 Å². The molecule has 0 aliphatic heterocycles. The van der Waals surface area contributed by atoms with Crippen molar-refractivity contribution in [2.75, 3.05) is 5.73 Å². The molecule has 116 valence electrons. The van der Waals surface area contributed by atoms with E-state index in [-0.39, 0.29) is 23.4 Å². The lowest BCUT2D eigenvalue weighted by molar-refractivity contribution is -0.171. The van der Waals surface area contributed by atoms with Crippen LogP contribution in [0.3, 0.4) is 0 Å². The van der Waals surface area contributed by atoms with Gasteiger partial charge in [-0.15, -0.1) is 0 Å². The van der Waals surface area contributed by atoms with E-state index in [4.69, 9.17) is 10.5 Å². The highest BCUT2D eigenvalue weighted by atomic mass is 16.6. The Balaban J connectivity index is 1.87. The van der Waals surface area contributed by atoms with Crippen molar-refractivity contribution in [2.24, 2.45) is 5.92 Å².